The van der Waals surface area contributed by atoms with Crippen molar-refractivity contribution in [2.45, 2.75) is 57.5 Å². The van der Waals surface area contributed by atoms with Gasteiger partial charge in [-0.05, 0) is 37.5 Å². The molecule has 32 heavy (non-hydrogen) atoms. The van der Waals surface area contributed by atoms with Gasteiger partial charge in [0, 0.05) is 62.4 Å². The van der Waals surface area contributed by atoms with Gasteiger partial charge in [-0.2, -0.15) is 0 Å². The Balaban J connectivity index is 1.39. The second kappa shape index (κ2) is 8.37. The highest BCUT2D eigenvalue weighted by Gasteiger charge is 2.42. The molecule has 170 valence electrons. The minimum absolute atomic E-state index is 0.250. The lowest BCUT2D eigenvalue weighted by Gasteiger charge is -2.47. The molecule has 2 fully saturated rings. The zero-order chi connectivity index (χ0) is 22.3. The van der Waals surface area contributed by atoms with Crippen molar-refractivity contribution in [3.8, 4) is 16.9 Å². The number of benzene rings is 1. The average Bonchev–Trinajstić information content (AvgIpc) is 2.76. The number of aromatic nitrogens is 1. The molecule has 3 heterocycles. The Labute approximate surface area is 187 Å². The highest BCUT2D eigenvalue weighted by molar-refractivity contribution is 5.97. The molecule has 5 rings (SSSR count). The Hall–Kier alpha value is -2.64. The number of piperidine rings is 1. The maximum atomic E-state index is 12.5. The standard InChI is InChI=1S/C25H30N2O5/c1-3-30-24(29)20-14-23(28)26(2)15-21(20)17-7-8-22-18(13-17)16-31-25(32-22)9-11-27(12-10-25)19-5-4-6-19/h7-8,13-15,19H,3-6,9-12,16H2,1-2H3. The van der Waals surface area contributed by atoms with Crippen molar-refractivity contribution in [3.63, 3.8) is 0 Å². The first-order valence-electron chi connectivity index (χ1n) is 11.6. The Bertz CT molecular complexity index is 1080. The summed E-state index contributed by atoms with van der Waals surface area (Å²) in [6, 6.07) is 7.96. The van der Waals surface area contributed by atoms with E-state index in [0.717, 1.165) is 48.8 Å². The van der Waals surface area contributed by atoms with Crippen LogP contribution in [-0.4, -0.2) is 47.0 Å². The SMILES string of the molecule is CCOC(=O)c1cc(=O)n(C)cc1-c1ccc2c(c1)COC1(CCN(C3CCC3)CC1)O2. The van der Waals surface area contributed by atoms with E-state index in [4.69, 9.17) is 14.2 Å². The van der Waals surface area contributed by atoms with Crippen molar-refractivity contribution in [3.05, 3.63) is 51.9 Å². The Kier molecular flexibility index (Phi) is 5.55. The van der Waals surface area contributed by atoms with Crippen molar-refractivity contribution < 1.29 is 19.0 Å². The number of carbonyl (C=O) groups excluding carboxylic acids is 1. The van der Waals surface area contributed by atoms with Gasteiger partial charge in [-0.25, -0.2) is 4.79 Å². The van der Waals surface area contributed by atoms with Crippen LogP contribution in [0.25, 0.3) is 11.1 Å². The third-order valence-electron chi connectivity index (χ3n) is 7.03. The summed E-state index contributed by atoms with van der Waals surface area (Å²) in [5.41, 5.74) is 2.44. The Morgan fingerprint density at radius 2 is 2.00 bits per heavy atom. The molecule has 1 saturated heterocycles. The molecule has 7 heteroatoms. The van der Waals surface area contributed by atoms with E-state index in [-0.39, 0.29) is 17.7 Å². The monoisotopic (exact) mass is 438 g/mol. The normalized spacial score (nSPS) is 20.3. The maximum Gasteiger partial charge on any atom is 0.339 e. The van der Waals surface area contributed by atoms with Gasteiger partial charge in [0.25, 0.3) is 5.56 Å². The summed E-state index contributed by atoms with van der Waals surface area (Å²) >= 11 is 0. The summed E-state index contributed by atoms with van der Waals surface area (Å²) in [4.78, 5) is 27.2. The van der Waals surface area contributed by atoms with Gasteiger partial charge >= 0.3 is 5.97 Å². The summed E-state index contributed by atoms with van der Waals surface area (Å²) < 4.78 is 19.3. The fraction of sp³-hybridized carbons (Fsp3) is 0.520. The zero-order valence-electron chi connectivity index (χ0n) is 18.8. The van der Waals surface area contributed by atoms with Crippen LogP contribution < -0.4 is 10.3 Å². The van der Waals surface area contributed by atoms with Crippen LogP contribution in [-0.2, 0) is 23.1 Å². The van der Waals surface area contributed by atoms with Gasteiger partial charge in [-0.15, -0.1) is 0 Å². The second-order valence-electron chi connectivity index (χ2n) is 9.02. The van der Waals surface area contributed by atoms with Gasteiger partial charge < -0.3 is 18.8 Å². The average molecular weight is 439 g/mol. The molecule has 2 aliphatic heterocycles. The largest absolute Gasteiger partial charge is 0.462 e. The molecule has 1 saturated carbocycles. The number of esters is 1. The minimum Gasteiger partial charge on any atom is -0.462 e. The minimum atomic E-state index is -0.540. The fourth-order valence-electron chi connectivity index (χ4n) is 4.86. The lowest BCUT2D eigenvalue weighted by molar-refractivity contribution is -0.231. The van der Waals surface area contributed by atoms with Crippen LogP contribution in [0.4, 0.5) is 0 Å². The van der Waals surface area contributed by atoms with Crippen molar-refractivity contribution in [2.75, 3.05) is 19.7 Å². The van der Waals surface area contributed by atoms with Gasteiger partial charge in [0.1, 0.15) is 5.75 Å². The smallest absolute Gasteiger partial charge is 0.339 e. The van der Waals surface area contributed by atoms with Crippen LogP contribution in [0.2, 0.25) is 0 Å². The first-order chi connectivity index (χ1) is 15.5. The Morgan fingerprint density at radius 1 is 1.22 bits per heavy atom. The summed E-state index contributed by atoms with van der Waals surface area (Å²) in [6.45, 7) is 4.49. The molecule has 0 radical (unpaired) electrons. The second-order valence-corrected chi connectivity index (χ2v) is 9.02. The van der Waals surface area contributed by atoms with Crippen LogP contribution in [0.3, 0.4) is 0 Å². The number of carbonyl (C=O) groups is 1. The number of hydrogen-bond acceptors (Lipinski definition) is 6. The molecule has 7 nitrogen and oxygen atoms in total. The molecular weight excluding hydrogens is 408 g/mol. The van der Waals surface area contributed by atoms with E-state index in [1.54, 1.807) is 20.2 Å². The third kappa shape index (κ3) is 3.84. The lowest BCUT2D eigenvalue weighted by Crippen LogP contribution is -2.54. The molecule has 1 aromatic carbocycles. The van der Waals surface area contributed by atoms with Gasteiger partial charge in [0.15, 0.2) is 0 Å². The highest BCUT2D eigenvalue weighted by Crippen LogP contribution is 2.40. The molecule has 0 bridgehead atoms. The molecule has 1 aromatic heterocycles. The van der Waals surface area contributed by atoms with Gasteiger partial charge in [-0.1, -0.05) is 12.5 Å². The number of ether oxygens (including phenoxy) is 3. The third-order valence-corrected chi connectivity index (χ3v) is 7.03. The highest BCUT2D eigenvalue weighted by atomic mass is 16.7. The summed E-state index contributed by atoms with van der Waals surface area (Å²) in [5.74, 6) is -0.205. The maximum absolute atomic E-state index is 12.5. The Morgan fingerprint density at radius 3 is 2.69 bits per heavy atom. The van der Waals surface area contributed by atoms with Crippen LogP contribution in [0, 0.1) is 0 Å². The number of hydrogen-bond donors (Lipinski definition) is 0. The van der Waals surface area contributed by atoms with Crippen LogP contribution >= 0.6 is 0 Å². The fourth-order valence-corrected chi connectivity index (χ4v) is 4.86. The molecule has 1 aliphatic carbocycles. The molecule has 1 spiro atoms. The molecule has 0 unspecified atom stereocenters. The number of nitrogens with zero attached hydrogens (tertiary/aromatic N) is 2. The predicted molar refractivity (Wildman–Crippen MR) is 120 cm³/mol. The van der Waals surface area contributed by atoms with E-state index in [1.165, 1.54) is 29.9 Å². The number of fused-ring (bicyclic) bond motifs is 1. The van der Waals surface area contributed by atoms with Crippen molar-refractivity contribution in [1.29, 1.82) is 0 Å². The van der Waals surface area contributed by atoms with Crippen LogP contribution in [0.1, 0.15) is 54.9 Å². The topological polar surface area (TPSA) is 70.0 Å². The van der Waals surface area contributed by atoms with E-state index in [2.05, 4.69) is 4.90 Å². The van der Waals surface area contributed by atoms with Gasteiger partial charge in [0.2, 0.25) is 5.79 Å². The van der Waals surface area contributed by atoms with E-state index >= 15 is 0 Å². The first kappa shape index (κ1) is 21.2. The molecule has 3 aliphatic rings. The molecule has 2 aromatic rings. The summed E-state index contributed by atoms with van der Waals surface area (Å²) in [5, 5.41) is 0. The van der Waals surface area contributed by atoms with Gasteiger partial charge in [-0.3, -0.25) is 9.69 Å². The van der Waals surface area contributed by atoms with Crippen molar-refractivity contribution >= 4 is 5.97 Å². The predicted octanol–water partition coefficient (Wildman–Crippen LogP) is 3.48. The number of rotatable bonds is 4. The number of likely N-dealkylation sites (tertiary alicyclic amines) is 1. The number of aryl methyl sites for hydroxylation is 1. The molecular formula is C25H30N2O5. The van der Waals surface area contributed by atoms with E-state index in [0.29, 0.717) is 12.2 Å². The molecule has 0 atom stereocenters. The quantitative estimate of drug-likeness (QED) is 0.681. The molecule has 0 N–H and O–H groups in total. The van der Waals surface area contributed by atoms with E-state index in [1.807, 2.05) is 18.2 Å². The lowest BCUT2D eigenvalue weighted by atomic mass is 9.89. The summed E-state index contributed by atoms with van der Waals surface area (Å²) in [6.07, 6.45) is 7.41. The first-order valence-corrected chi connectivity index (χ1v) is 11.6. The number of pyridine rings is 1. The zero-order valence-corrected chi connectivity index (χ0v) is 18.8. The molecule has 0 amide bonds. The van der Waals surface area contributed by atoms with E-state index < -0.39 is 11.8 Å². The van der Waals surface area contributed by atoms with E-state index in [9.17, 15) is 9.59 Å². The van der Waals surface area contributed by atoms with Crippen molar-refractivity contribution in [1.82, 2.24) is 9.47 Å². The summed E-state index contributed by atoms with van der Waals surface area (Å²) in [7, 11) is 1.67. The van der Waals surface area contributed by atoms with Crippen LogP contribution in [0.15, 0.2) is 35.3 Å². The van der Waals surface area contributed by atoms with Crippen LogP contribution in [0.5, 0.6) is 5.75 Å². The van der Waals surface area contributed by atoms with Gasteiger partial charge in [0.05, 0.1) is 18.8 Å². The van der Waals surface area contributed by atoms with Crippen molar-refractivity contribution in [2.24, 2.45) is 7.05 Å².